The third-order valence-electron chi connectivity index (χ3n) is 4.11. The summed E-state index contributed by atoms with van der Waals surface area (Å²) in [4.78, 5) is 0.175. The van der Waals surface area contributed by atoms with E-state index >= 15 is 0 Å². The van der Waals surface area contributed by atoms with Gasteiger partial charge in [-0.1, -0.05) is 17.7 Å². The fourth-order valence-corrected chi connectivity index (χ4v) is 4.25. The van der Waals surface area contributed by atoms with Gasteiger partial charge in [-0.15, -0.1) is 10.2 Å². The van der Waals surface area contributed by atoms with Gasteiger partial charge >= 0.3 is 0 Å². The molecule has 8 nitrogen and oxygen atoms in total. The summed E-state index contributed by atoms with van der Waals surface area (Å²) in [6.07, 6.45) is 0. The van der Waals surface area contributed by atoms with Crippen LogP contribution >= 0.6 is 11.6 Å². The third-order valence-corrected chi connectivity index (χ3v) is 6.12. The highest BCUT2D eigenvalue weighted by atomic mass is 35.5. The van der Waals surface area contributed by atoms with Crippen LogP contribution in [0.1, 0.15) is 17.0 Å². The normalized spacial score (nSPS) is 11.6. The molecule has 0 saturated carbocycles. The van der Waals surface area contributed by atoms with Gasteiger partial charge in [0.25, 0.3) is 0 Å². The average molecular weight is 421 g/mol. The lowest BCUT2D eigenvalue weighted by Crippen LogP contribution is -2.29. The molecule has 0 aliphatic rings. The molecule has 0 atom stereocenters. The van der Waals surface area contributed by atoms with E-state index < -0.39 is 10.0 Å². The van der Waals surface area contributed by atoms with Crippen LogP contribution in [0.25, 0.3) is 5.82 Å². The van der Waals surface area contributed by atoms with Crippen LogP contribution in [-0.2, 0) is 10.0 Å². The standard InChI is InChI=1S/C18H21ClN6O2S/c1-12-11-13(2)25(24-12)18-8-7-17(22-23-18)20-9-10-21-28(26,27)16-6-4-5-15(19)14(16)3/h4-8,11,21H,9-10H2,1-3H3,(H,20,22). The van der Waals surface area contributed by atoms with Crippen molar-refractivity contribution in [2.75, 3.05) is 18.4 Å². The van der Waals surface area contributed by atoms with Gasteiger partial charge in [-0.3, -0.25) is 0 Å². The molecule has 2 heterocycles. The van der Waals surface area contributed by atoms with Gasteiger partial charge in [-0.2, -0.15) is 5.10 Å². The highest BCUT2D eigenvalue weighted by Crippen LogP contribution is 2.22. The van der Waals surface area contributed by atoms with E-state index in [0.717, 1.165) is 11.4 Å². The SMILES string of the molecule is Cc1cc(C)n(-c2ccc(NCCNS(=O)(=O)c3cccc(Cl)c3C)nn2)n1. The van der Waals surface area contributed by atoms with Crippen LogP contribution in [-0.4, -0.2) is 41.5 Å². The topological polar surface area (TPSA) is 102 Å². The largest absolute Gasteiger partial charge is 0.367 e. The number of aryl methyl sites for hydroxylation is 2. The smallest absolute Gasteiger partial charge is 0.240 e. The van der Waals surface area contributed by atoms with Gasteiger partial charge in [0.05, 0.1) is 10.6 Å². The van der Waals surface area contributed by atoms with E-state index in [4.69, 9.17) is 11.6 Å². The predicted octanol–water partition coefficient (Wildman–Crippen LogP) is 2.63. The molecule has 148 valence electrons. The van der Waals surface area contributed by atoms with Crippen molar-refractivity contribution in [2.45, 2.75) is 25.7 Å². The second-order valence-corrected chi connectivity index (χ2v) is 8.45. The van der Waals surface area contributed by atoms with Crippen molar-refractivity contribution < 1.29 is 8.42 Å². The average Bonchev–Trinajstić information content (AvgIpc) is 2.99. The molecule has 2 aromatic heterocycles. The summed E-state index contributed by atoms with van der Waals surface area (Å²) in [6, 6.07) is 10.3. The summed E-state index contributed by atoms with van der Waals surface area (Å²) in [5, 5.41) is 16.1. The summed E-state index contributed by atoms with van der Waals surface area (Å²) in [5.41, 5.74) is 2.40. The Balaban J connectivity index is 1.57. The van der Waals surface area contributed by atoms with Gasteiger partial charge in [0.2, 0.25) is 10.0 Å². The molecule has 0 fully saturated rings. The lowest BCUT2D eigenvalue weighted by atomic mass is 10.2. The number of halogens is 1. The second kappa shape index (κ2) is 8.26. The molecular formula is C18H21ClN6O2S. The molecular weight excluding hydrogens is 400 g/mol. The van der Waals surface area contributed by atoms with Gasteiger partial charge in [-0.25, -0.2) is 17.8 Å². The molecule has 0 saturated heterocycles. The maximum Gasteiger partial charge on any atom is 0.240 e. The minimum absolute atomic E-state index is 0.175. The number of anilines is 1. The Morgan fingerprint density at radius 1 is 1.07 bits per heavy atom. The lowest BCUT2D eigenvalue weighted by molar-refractivity contribution is 0.582. The molecule has 3 aromatic rings. The Labute approximate surface area is 169 Å². The highest BCUT2D eigenvalue weighted by Gasteiger charge is 2.17. The quantitative estimate of drug-likeness (QED) is 0.570. The Morgan fingerprint density at radius 3 is 2.50 bits per heavy atom. The number of rotatable bonds is 7. The Bertz CT molecular complexity index is 1080. The first-order valence-corrected chi connectivity index (χ1v) is 10.5. The first kappa shape index (κ1) is 20.2. The minimum Gasteiger partial charge on any atom is -0.367 e. The van der Waals surface area contributed by atoms with Crippen molar-refractivity contribution in [1.82, 2.24) is 24.7 Å². The number of sulfonamides is 1. The molecule has 0 unspecified atom stereocenters. The minimum atomic E-state index is -3.64. The maximum atomic E-state index is 12.4. The van der Waals surface area contributed by atoms with Crippen molar-refractivity contribution in [3.05, 3.63) is 58.4 Å². The molecule has 2 N–H and O–H groups in total. The Kier molecular flexibility index (Phi) is 5.97. The molecule has 1 aromatic carbocycles. The molecule has 28 heavy (non-hydrogen) atoms. The van der Waals surface area contributed by atoms with Crippen LogP contribution in [0.15, 0.2) is 41.3 Å². The van der Waals surface area contributed by atoms with E-state index in [0.29, 0.717) is 28.8 Å². The molecule has 0 spiro atoms. The zero-order valence-electron chi connectivity index (χ0n) is 15.8. The van der Waals surface area contributed by atoms with E-state index in [1.807, 2.05) is 19.9 Å². The summed E-state index contributed by atoms with van der Waals surface area (Å²) in [7, 11) is -3.64. The van der Waals surface area contributed by atoms with Crippen LogP contribution in [0.4, 0.5) is 5.82 Å². The van der Waals surface area contributed by atoms with Gasteiger partial charge in [-0.05, 0) is 56.7 Å². The molecule has 10 heteroatoms. The fourth-order valence-electron chi connectivity index (χ4n) is 2.73. The Hall–Kier alpha value is -2.49. The van der Waals surface area contributed by atoms with E-state index in [-0.39, 0.29) is 11.4 Å². The van der Waals surface area contributed by atoms with E-state index in [1.54, 1.807) is 35.9 Å². The summed E-state index contributed by atoms with van der Waals surface area (Å²) >= 11 is 6.00. The van der Waals surface area contributed by atoms with Gasteiger partial charge in [0, 0.05) is 23.8 Å². The van der Waals surface area contributed by atoms with E-state index in [2.05, 4.69) is 25.3 Å². The Morgan fingerprint density at radius 2 is 1.86 bits per heavy atom. The molecule has 0 bridgehead atoms. The molecule has 0 amide bonds. The molecule has 0 radical (unpaired) electrons. The van der Waals surface area contributed by atoms with E-state index in [9.17, 15) is 8.42 Å². The number of nitrogens with zero attached hydrogens (tertiary/aromatic N) is 4. The zero-order chi connectivity index (χ0) is 20.3. The summed E-state index contributed by atoms with van der Waals surface area (Å²) in [6.45, 7) is 6.08. The number of hydrogen-bond acceptors (Lipinski definition) is 6. The molecule has 0 aliphatic heterocycles. The lowest BCUT2D eigenvalue weighted by Gasteiger charge is -2.11. The zero-order valence-corrected chi connectivity index (χ0v) is 17.3. The van der Waals surface area contributed by atoms with Gasteiger partial charge in [0.1, 0.15) is 5.82 Å². The van der Waals surface area contributed by atoms with Gasteiger partial charge < -0.3 is 5.32 Å². The van der Waals surface area contributed by atoms with Crippen LogP contribution in [0.3, 0.4) is 0 Å². The molecule has 0 aliphatic carbocycles. The number of aromatic nitrogens is 4. The van der Waals surface area contributed by atoms with Crippen molar-refractivity contribution >= 4 is 27.4 Å². The number of nitrogens with one attached hydrogen (secondary N) is 2. The highest BCUT2D eigenvalue weighted by molar-refractivity contribution is 7.89. The van der Waals surface area contributed by atoms with Crippen LogP contribution in [0.2, 0.25) is 5.02 Å². The van der Waals surface area contributed by atoms with E-state index in [1.165, 1.54) is 6.07 Å². The maximum absolute atomic E-state index is 12.4. The fraction of sp³-hybridized carbons (Fsp3) is 0.278. The second-order valence-electron chi connectivity index (χ2n) is 6.30. The number of benzene rings is 1. The number of hydrogen-bond donors (Lipinski definition) is 2. The van der Waals surface area contributed by atoms with Crippen LogP contribution < -0.4 is 10.0 Å². The van der Waals surface area contributed by atoms with Crippen molar-refractivity contribution in [2.24, 2.45) is 0 Å². The summed E-state index contributed by atoms with van der Waals surface area (Å²) in [5.74, 6) is 1.16. The van der Waals surface area contributed by atoms with Gasteiger partial charge in [0.15, 0.2) is 5.82 Å². The molecule has 3 rings (SSSR count). The first-order chi connectivity index (χ1) is 13.3. The monoisotopic (exact) mass is 420 g/mol. The third kappa shape index (κ3) is 4.49. The van der Waals surface area contributed by atoms with Crippen LogP contribution in [0, 0.1) is 20.8 Å². The van der Waals surface area contributed by atoms with Crippen molar-refractivity contribution in [1.29, 1.82) is 0 Å². The van der Waals surface area contributed by atoms with Crippen molar-refractivity contribution in [3.8, 4) is 5.82 Å². The predicted molar refractivity (Wildman–Crippen MR) is 108 cm³/mol. The summed E-state index contributed by atoms with van der Waals surface area (Å²) < 4.78 is 29.1. The van der Waals surface area contributed by atoms with Crippen molar-refractivity contribution in [3.63, 3.8) is 0 Å². The van der Waals surface area contributed by atoms with Crippen LogP contribution in [0.5, 0.6) is 0 Å². The first-order valence-electron chi connectivity index (χ1n) is 8.64.